The molecule has 0 unspecified atom stereocenters. The summed E-state index contributed by atoms with van der Waals surface area (Å²) in [6.45, 7) is 1.52. The minimum absolute atomic E-state index is 0.218. The van der Waals surface area contributed by atoms with Gasteiger partial charge in [-0.3, -0.25) is 4.79 Å². The van der Waals surface area contributed by atoms with Gasteiger partial charge in [0.2, 0.25) is 5.91 Å². The molecule has 2 fully saturated rings. The van der Waals surface area contributed by atoms with Gasteiger partial charge in [0.25, 0.3) is 0 Å². The van der Waals surface area contributed by atoms with Crippen molar-refractivity contribution < 1.29 is 4.79 Å². The zero-order valence-electron chi connectivity index (χ0n) is 10.1. The van der Waals surface area contributed by atoms with Crippen LogP contribution in [0.25, 0.3) is 0 Å². The zero-order chi connectivity index (χ0) is 11.4. The molecule has 2 aliphatic rings. The van der Waals surface area contributed by atoms with Gasteiger partial charge >= 0.3 is 0 Å². The van der Waals surface area contributed by atoms with Crippen molar-refractivity contribution >= 4 is 5.91 Å². The first-order valence-electron chi connectivity index (χ1n) is 6.71. The molecule has 3 N–H and O–H groups in total. The van der Waals surface area contributed by atoms with Gasteiger partial charge in [0.1, 0.15) is 0 Å². The molecule has 3 heteroatoms. The number of hydrogen-bond donors (Lipinski definition) is 2. The van der Waals surface area contributed by atoms with Crippen molar-refractivity contribution in [2.45, 2.75) is 51.4 Å². The average Bonchev–Trinajstić information content (AvgIpc) is 2.70. The third-order valence-corrected chi connectivity index (χ3v) is 4.46. The monoisotopic (exact) mass is 224 g/mol. The maximum absolute atomic E-state index is 11.7. The van der Waals surface area contributed by atoms with Gasteiger partial charge in [0.05, 0.1) is 0 Å². The molecule has 0 aliphatic heterocycles. The van der Waals surface area contributed by atoms with Crippen LogP contribution >= 0.6 is 0 Å². The third kappa shape index (κ3) is 2.76. The highest BCUT2D eigenvalue weighted by molar-refractivity contribution is 5.76. The Kier molecular flexibility index (Phi) is 3.85. The second kappa shape index (κ2) is 5.17. The lowest BCUT2D eigenvalue weighted by Gasteiger charge is -2.29. The summed E-state index contributed by atoms with van der Waals surface area (Å²) < 4.78 is 0. The zero-order valence-corrected chi connectivity index (χ0v) is 10.1. The van der Waals surface area contributed by atoms with Crippen molar-refractivity contribution in [1.29, 1.82) is 0 Å². The molecule has 0 bridgehead atoms. The van der Waals surface area contributed by atoms with Crippen LogP contribution in [0.5, 0.6) is 0 Å². The standard InChI is InChI=1S/C13H24N2O/c14-9-13(6-1-2-7-13)10-15-12(16)8-11-4-3-5-11/h11H,1-10,14H2,(H,15,16). The van der Waals surface area contributed by atoms with Crippen LogP contribution in [-0.4, -0.2) is 19.0 Å². The molecule has 2 aliphatic carbocycles. The molecule has 0 atom stereocenters. The average molecular weight is 224 g/mol. The molecule has 0 aromatic rings. The van der Waals surface area contributed by atoms with Crippen molar-refractivity contribution in [2.75, 3.05) is 13.1 Å². The fourth-order valence-electron chi connectivity index (χ4n) is 2.90. The van der Waals surface area contributed by atoms with Crippen LogP contribution in [0.3, 0.4) is 0 Å². The minimum Gasteiger partial charge on any atom is -0.355 e. The maximum atomic E-state index is 11.7. The normalized spacial score (nSPS) is 24.1. The van der Waals surface area contributed by atoms with E-state index in [1.165, 1.54) is 44.9 Å². The molecule has 1 amide bonds. The Hall–Kier alpha value is -0.570. The Labute approximate surface area is 98.2 Å². The molecule has 0 aromatic carbocycles. The predicted octanol–water partition coefficient (Wildman–Crippen LogP) is 1.81. The van der Waals surface area contributed by atoms with E-state index in [-0.39, 0.29) is 11.3 Å². The van der Waals surface area contributed by atoms with Gasteiger partial charge in [-0.2, -0.15) is 0 Å². The van der Waals surface area contributed by atoms with Crippen LogP contribution in [0.2, 0.25) is 0 Å². The minimum atomic E-state index is 0.218. The van der Waals surface area contributed by atoms with E-state index in [1.54, 1.807) is 0 Å². The summed E-state index contributed by atoms with van der Waals surface area (Å²) >= 11 is 0. The van der Waals surface area contributed by atoms with Gasteiger partial charge in [-0.25, -0.2) is 0 Å². The second-order valence-electron chi connectivity index (χ2n) is 5.69. The first-order chi connectivity index (χ1) is 7.74. The third-order valence-electron chi connectivity index (χ3n) is 4.46. The van der Waals surface area contributed by atoms with E-state index in [1.807, 2.05) is 0 Å². The van der Waals surface area contributed by atoms with Gasteiger partial charge in [0, 0.05) is 13.0 Å². The molecule has 0 saturated heterocycles. The van der Waals surface area contributed by atoms with Gasteiger partial charge in [-0.05, 0) is 43.6 Å². The van der Waals surface area contributed by atoms with E-state index in [0.717, 1.165) is 19.5 Å². The predicted molar refractivity (Wildman–Crippen MR) is 64.9 cm³/mol. The van der Waals surface area contributed by atoms with Crippen LogP contribution in [0.15, 0.2) is 0 Å². The lowest BCUT2D eigenvalue weighted by atomic mass is 9.82. The molecule has 0 aromatic heterocycles. The number of nitrogens with two attached hydrogens (primary N) is 1. The first kappa shape index (κ1) is 11.9. The number of nitrogens with one attached hydrogen (secondary N) is 1. The van der Waals surface area contributed by atoms with Crippen LogP contribution in [0.1, 0.15) is 51.4 Å². The van der Waals surface area contributed by atoms with Crippen LogP contribution in [0.4, 0.5) is 0 Å². The summed E-state index contributed by atoms with van der Waals surface area (Å²) in [5.41, 5.74) is 6.06. The highest BCUT2D eigenvalue weighted by atomic mass is 16.1. The SMILES string of the molecule is NCC1(CNC(=O)CC2CCC2)CCCC1. The number of rotatable bonds is 5. The van der Waals surface area contributed by atoms with Crippen LogP contribution in [-0.2, 0) is 4.79 Å². The number of hydrogen-bond acceptors (Lipinski definition) is 2. The van der Waals surface area contributed by atoms with E-state index < -0.39 is 0 Å². The summed E-state index contributed by atoms with van der Waals surface area (Å²) in [5, 5.41) is 3.10. The van der Waals surface area contributed by atoms with E-state index in [4.69, 9.17) is 5.73 Å². The second-order valence-corrected chi connectivity index (χ2v) is 5.69. The topological polar surface area (TPSA) is 55.1 Å². The number of carbonyl (C=O) groups excluding carboxylic acids is 1. The Morgan fingerprint density at radius 3 is 2.44 bits per heavy atom. The molecule has 0 radical (unpaired) electrons. The smallest absolute Gasteiger partial charge is 0.220 e. The molecule has 0 heterocycles. The van der Waals surface area contributed by atoms with E-state index >= 15 is 0 Å². The molecule has 0 spiro atoms. The molecular weight excluding hydrogens is 200 g/mol. The summed E-state index contributed by atoms with van der Waals surface area (Å²) in [5.74, 6) is 0.904. The van der Waals surface area contributed by atoms with Gasteiger partial charge in [-0.15, -0.1) is 0 Å². The highest BCUT2D eigenvalue weighted by Crippen LogP contribution is 2.36. The van der Waals surface area contributed by atoms with E-state index in [2.05, 4.69) is 5.32 Å². The van der Waals surface area contributed by atoms with E-state index in [9.17, 15) is 4.79 Å². The first-order valence-corrected chi connectivity index (χ1v) is 6.71. The summed E-state index contributed by atoms with van der Waals surface area (Å²) in [4.78, 5) is 11.7. The van der Waals surface area contributed by atoms with Crippen molar-refractivity contribution in [3.8, 4) is 0 Å². The van der Waals surface area contributed by atoms with Crippen molar-refractivity contribution in [1.82, 2.24) is 5.32 Å². The molecule has 16 heavy (non-hydrogen) atoms. The summed E-state index contributed by atoms with van der Waals surface area (Å²) in [7, 11) is 0. The Morgan fingerprint density at radius 2 is 1.94 bits per heavy atom. The van der Waals surface area contributed by atoms with Crippen molar-refractivity contribution in [3.63, 3.8) is 0 Å². The van der Waals surface area contributed by atoms with Gasteiger partial charge in [-0.1, -0.05) is 19.3 Å². The number of amides is 1. The Bertz CT molecular complexity index is 242. The molecule has 2 rings (SSSR count). The Morgan fingerprint density at radius 1 is 1.25 bits per heavy atom. The van der Waals surface area contributed by atoms with Gasteiger partial charge in [0.15, 0.2) is 0 Å². The van der Waals surface area contributed by atoms with Gasteiger partial charge < -0.3 is 11.1 Å². The largest absolute Gasteiger partial charge is 0.355 e. The lowest BCUT2D eigenvalue weighted by molar-refractivity contribution is -0.123. The molecule has 92 valence electrons. The maximum Gasteiger partial charge on any atom is 0.220 e. The fourth-order valence-corrected chi connectivity index (χ4v) is 2.90. The number of carbonyl (C=O) groups is 1. The summed E-state index contributed by atoms with van der Waals surface area (Å²) in [6.07, 6.45) is 9.46. The Balaban J connectivity index is 1.70. The van der Waals surface area contributed by atoms with E-state index in [0.29, 0.717) is 5.92 Å². The molecule has 3 nitrogen and oxygen atoms in total. The highest BCUT2D eigenvalue weighted by Gasteiger charge is 2.32. The van der Waals surface area contributed by atoms with Crippen molar-refractivity contribution in [2.24, 2.45) is 17.1 Å². The quantitative estimate of drug-likeness (QED) is 0.748. The summed E-state index contributed by atoms with van der Waals surface area (Å²) in [6, 6.07) is 0. The molecular formula is C13H24N2O. The van der Waals surface area contributed by atoms with Crippen LogP contribution in [0, 0.1) is 11.3 Å². The van der Waals surface area contributed by atoms with Crippen molar-refractivity contribution in [3.05, 3.63) is 0 Å². The van der Waals surface area contributed by atoms with Crippen LogP contribution < -0.4 is 11.1 Å². The lowest BCUT2D eigenvalue weighted by Crippen LogP contribution is -2.41. The molecule has 2 saturated carbocycles. The fraction of sp³-hybridized carbons (Fsp3) is 0.923.